The van der Waals surface area contributed by atoms with Crippen LogP contribution < -0.4 is 4.74 Å². The van der Waals surface area contributed by atoms with Crippen LogP contribution in [0.4, 0.5) is 0 Å². The molecular formula is C22H37O5P. The number of rotatable bonds is 11. The minimum Gasteiger partial charge on any atom is -0.497 e. The Bertz CT molecular complexity index is 622. The molecule has 6 heteroatoms. The molecule has 0 heterocycles. The Kier molecular flexibility index (Phi) is 9.39. The molecule has 0 aliphatic carbocycles. The minimum absolute atomic E-state index is 0.0946. The fourth-order valence-electron chi connectivity index (χ4n) is 3.36. The first-order valence-electron chi connectivity index (χ1n) is 10.1. The van der Waals surface area contributed by atoms with Crippen molar-refractivity contribution in [1.82, 2.24) is 0 Å². The van der Waals surface area contributed by atoms with Gasteiger partial charge in [0.1, 0.15) is 5.75 Å². The Morgan fingerprint density at radius 3 is 1.39 bits per heavy atom. The molecule has 1 aromatic rings. The number of carbonyl (C=O) groups is 1. The third-order valence-electron chi connectivity index (χ3n) is 4.73. The maximum atomic E-state index is 13.9. The summed E-state index contributed by atoms with van der Waals surface area (Å²) >= 11 is 0. The van der Waals surface area contributed by atoms with Gasteiger partial charge in [-0.25, -0.2) is 0 Å². The lowest BCUT2D eigenvalue weighted by Gasteiger charge is -2.33. The average molecular weight is 413 g/mol. The lowest BCUT2D eigenvalue weighted by molar-refractivity contribution is 0.0346. The summed E-state index contributed by atoms with van der Waals surface area (Å²) < 4.78 is 31.1. The molecule has 0 unspecified atom stereocenters. The molecular weight excluding hydrogens is 375 g/mol. The number of benzene rings is 1. The zero-order valence-corrected chi connectivity index (χ0v) is 19.7. The zero-order chi connectivity index (χ0) is 21.6. The number of hydrogen-bond donors (Lipinski definition) is 0. The highest BCUT2D eigenvalue weighted by molar-refractivity contribution is 7.72. The van der Waals surface area contributed by atoms with Crippen LogP contribution in [0.3, 0.4) is 0 Å². The summed E-state index contributed by atoms with van der Waals surface area (Å²) in [5.41, 5.74) is -0.311. The van der Waals surface area contributed by atoms with Gasteiger partial charge in [-0.15, -0.1) is 0 Å². The SMILES string of the molecule is COc1ccc(C(=O)P(=O)(OC(C(C)C)C(C)C)OC(C(C)C)C(C)C)cc1. The van der Waals surface area contributed by atoms with E-state index in [1.807, 2.05) is 55.4 Å². The van der Waals surface area contributed by atoms with Crippen molar-refractivity contribution in [3.63, 3.8) is 0 Å². The van der Waals surface area contributed by atoms with Crippen LogP contribution in [0.1, 0.15) is 65.7 Å². The van der Waals surface area contributed by atoms with Crippen molar-refractivity contribution < 1.29 is 23.1 Å². The van der Waals surface area contributed by atoms with E-state index in [0.29, 0.717) is 11.3 Å². The largest absolute Gasteiger partial charge is 0.497 e. The molecule has 0 amide bonds. The first-order valence-corrected chi connectivity index (χ1v) is 11.6. The predicted molar refractivity (Wildman–Crippen MR) is 114 cm³/mol. The fourth-order valence-corrected chi connectivity index (χ4v) is 5.68. The van der Waals surface area contributed by atoms with Gasteiger partial charge in [-0.05, 0) is 47.9 Å². The second kappa shape index (κ2) is 10.6. The van der Waals surface area contributed by atoms with Crippen molar-refractivity contribution in [3.8, 4) is 5.75 Å². The molecule has 0 aliphatic heterocycles. The maximum absolute atomic E-state index is 13.9. The van der Waals surface area contributed by atoms with E-state index < -0.39 is 13.1 Å². The topological polar surface area (TPSA) is 61.8 Å². The summed E-state index contributed by atoms with van der Waals surface area (Å²) in [5, 5.41) is 0. The van der Waals surface area contributed by atoms with Crippen molar-refractivity contribution >= 4 is 13.1 Å². The molecule has 0 bridgehead atoms. The quantitative estimate of drug-likeness (QED) is 0.392. The highest BCUT2D eigenvalue weighted by Gasteiger charge is 2.43. The van der Waals surface area contributed by atoms with E-state index in [1.165, 1.54) is 0 Å². The lowest BCUT2D eigenvalue weighted by atomic mass is 9.97. The van der Waals surface area contributed by atoms with E-state index in [0.717, 1.165) is 0 Å². The van der Waals surface area contributed by atoms with Gasteiger partial charge in [0.05, 0.1) is 19.3 Å². The van der Waals surface area contributed by atoms with Crippen LogP contribution in [-0.2, 0) is 13.6 Å². The van der Waals surface area contributed by atoms with E-state index in [9.17, 15) is 9.36 Å². The van der Waals surface area contributed by atoms with Crippen molar-refractivity contribution in [2.24, 2.45) is 23.7 Å². The van der Waals surface area contributed by atoms with Crippen LogP contribution in [0.5, 0.6) is 5.75 Å². The Morgan fingerprint density at radius 2 is 1.11 bits per heavy atom. The number of hydrogen-bond acceptors (Lipinski definition) is 5. The first-order chi connectivity index (χ1) is 12.9. The third-order valence-corrected chi connectivity index (χ3v) is 6.53. The van der Waals surface area contributed by atoms with Gasteiger partial charge in [0.2, 0.25) is 0 Å². The van der Waals surface area contributed by atoms with Crippen LogP contribution in [-0.4, -0.2) is 24.8 Å². The van der Waals surface area contributed by atoms with E-state index >= 15 is 0 Å². The highest BCUT2D eigenvalue weighted by atomic mass is 31.2. The Balaban J connectivity index is 3.35. The molecule has 0 fully saturated rings. The van der Waals surface area contributed by atoms with Crippen LogP contribution in [0.25, 0.3) is 0 Å². The second-order valence-electron chi connectivity index (χ2n) is 8.65. The summed E-state index contributed by atoms with van der Waals surface area (Å²) in [6, 6.07) is 6.53. The van der Waals surface area contributed by atoms with Gasteiger partial charge in [-0.1, -0.05) is 55.4 Å². The summed E-state index contributed by atoms with van der Waals surface area (Å²) in [4.78, 5) is 13.3. The molecule has 0 aliphatic rings. The van der Waals surface area contributed by atoms with E-state index in [2.05, 4.69) is 0 Å². The molecule has 0 aromatic heterocycles. The standard InChI is InChI=1S/C22H37O5P/c1-14(2)20(15(3)4)26-28(24,27-21(16(5)6)17(7)8)22(23)18-10-12-19(25-9)13-11-18/h10-17,20-21H,1-9H3. The van der Waals surface area contributed by atoms with Gasteiger partial charge < -0.3 is 4.74 Å². The summed E-state index contributed by atoms with van der Waals surface area (Å²) in [6.07, 6.45) is -0.707. The maximum Gasteiger partial charge on any atom is 0.402 e. The molecule has 0 N–H and O–H groups in total. The first kappa shape index (κ1) is 24.9. The molecule has 0 spiro atoms. The van der Waals surface area contributed by atoms with Crippen LogP contribution in [0, 0.1) is 23.7 Å². The molecule has 1 aromatic carbocycles. The van der Waals surface area contributed by atoms with E-state index in [4.69, 9.17) is 13.8 Å². The normalized spacial score (nSPS) is 12.8. The summed E-state index contributed by atoms with van der Waals surface area (Å²) in [5.74, 6) is 1.00. The van der Waals surface area contributed by atoms with Crippen molar-refractivity contribution in [3.05, 3.63) is 29.8 Å². The Labute approximate surface area is 170 Å². The average Bonchev–Trinajstić information content (AvgIpc) is 2.62. The molecule has 0 radical (unpaired) electrons. The van der Waals surface area contributed by atoms with Crippen molar-refractivity contribution in [2.75, 3.05) is 7.11 Å². The molecule has 1 rings (SSSR count). The van der Waals surface area contributed by atoms with E-state index in [-0.39, 0.29) is 35.9 Å². The molecule has 28 heavy (non-hydrogen) atoms. The Morgan fingerprint density at radius 1 is 0.750 bits per heavy atom. The smallest absolute Gasteiger partial charge is 0.402 e. The van der Waals surface area contributed by atoms with Gasteiger partial charge >= 0.3 is 7.60 Å². The van der Waals surface area contributed by atoms with Crippen LogP contribution >= 0.6 is 7.60 Å². The molecule has 0 saturated carbocycles. The van der Waals surface area contributed by atoms with Crippen LogP contribution in [0.15, 0.2) is 24.3 Å². The number of methoxy groups -OCH3 is 1. The lowest BCUT2D eigenvalue weighted by Crippen LogP contribution is -2.31. The van der Waals surface area contributed by atoms with Crippen LogP contribution in [0.2, 0.25) is 0 Å². The van der Waals surface area contributed by atoms with Gasteiger partial charge in [-0.3, -0.25) is 18.4 Å². The molecule has 0 saturated heterocycles. The number of ether oxygens (including phenoxy) is 1. The molecule has 5 nitrogen and oxygen atoms in total. The van der Waals surface area contributed by atoms with Gasteiger partial charge in [0.15, 0.2) is 0 Å². The highest BCUT2D eigenvalue weighted by Crippen LogP contribution is 2.56. The van der Waals surface area contributed by atoms with E-state index in [1.54, 1.807) is 31.4 Å². The van der Waals surface area contributed by atoms with Gasteiger partial charge in [0.25, 0.3) is 5.52 Å². The Hall–Kier alpha value is -1.16. The summed E-state index contributed by atoms with van der Waals surface area (Å²) in [7, 11) is -2.51. The molecule has 160 valence electrons. The third kappa shape index (κ3) is 6.43. The number of carbonyl (C=O) groups excluding carboxylic acids is 1. The van der Waals surface area contributed by atoms with Crippen molar-refractivity contribution in [1.29, 1.82) is 0 Å². The predicted octanol–water partition coefficient (Wildman–Crippen LogP) is 6.42. The zero-order valence-electron chi connectivity index (χ0n) is 18.8. The molecule has 0 atom stereocenters. The minimum atomic E-state index is -4.06. The monoisotopic (exact) mass is 412 g/mol. The fraction of sp³-hybridized carbons (Fsp3) is 0.682. The van der Waals surface area contributed by atoms with Crippen molar-refractivity contribution in [2.45, 2.75) is 67.6 Å². The second-order valence-corrected chi connectivity index (χ2v) is 10.5. The van der Waals surface area contributed by atoms with Gasteiger partial charge in [-0.2, -0.15) is 0 Å². The van der Waals surface area contributed by atoms with Gasteiger partial charge in [0, 0.05) is 5.56 Å². The summed E-state index contributed by atoms with van der Waals surface area (Å²) in [6.45, 7) is 16.0.